The van der Waals surface area contributed by atoms with Crippen molar-refractivity contribution in [3.8, 4) is 5.69 Å². The molecule has 0 spiro atoms. The second kappa shape index (κ2) is 7.06. The maximum Gasteiger partial charge on any atom is 0.337 e. The van der Waals surface area contributed by atoms with Crippen molar-refractivity contribution in [1.29, 1.82) is 0 Å². The lowest BCUT2D eigenvalue weighted by Gasteiger charge is -2.12. The summed E-state index contributed by atoms with van der Waals surface area (Å²) in [5.41, 5.74) is -0.631. The minimum Gasteiger partial charge on any atom is -0.465 e. The Morgan fingerprint density at radius 2 is 2.11 bits per heavy atom. The summed E-state index contributed by atoms with van der Waals surface area (Å²) in [7, 11) is 0. The second-order valence-corrected chi connectivity index (χ2v) is 6.81. The number of hydrogen-bond acceptors (Lipinski definition) is 5. The van der Waals surface area contributed by atoms with Gasteiger partial charge in [-0.3, -0.25) is 14.2 Å². The molecular weight excluding hydrogens is 367 g/mol. The van der Waals surface area contributed by atoms with E-state index in [0.29, 0.717) is 0 Å². The molecule has 0 saturated heterocycles. The normalized spacial score (nSPS) is 13.8. The number of carbonyl (C=O) groups excluding carboxylic acids is 1. The van der Waals surface area contributed by atoms with E-state index < -0.39 is 23.0 Å². The van der Waals surface area contributed by atoms with Crippen molar-refractivity contribution in [3.05, 3.63) is 57.2 Å². The molecule has 1 aliphatic rings. The number of imidazole rings is 1. The molecule has 1 fully saturated rings. The summed E-state index contributed by atoms with van der Waals surface area (Å²) in [5, 5.41) is 0. The molecule has 0 amide bonds. The van der Waals surface area contributed by atoms with Crippen LogP contribution in [0.4, 0.5) is 4.39 Å². The Hall–Kier alpha value is -3.23. The molecule has 1 aromatic carbocycles. The molecule has 0 unspecified atom stereocenters. The maximum atomic E-state index is 13.8. The third kappa shape index (κ3) is 3.23. The van der Waals surface area contributed by atoms with Gasteiger partial charge in [-0.05, 0) is 43.9 Å². The molecule has 4 rings (SSSR count). The number of rotatable bonds is 6. The van der Waals surface area contributed by atoms with E-state index in [1.165, 1.54) is 33.7 Å². The van der Waals surface area contributed by atoms with E-state index in [4.69, 9.17) is 4.74 Å². The fraction of sp³-hybridized carbons (Fsp3) is 0.368. The number of hydrogen-bond donors (Lipinski definition) is 0. The number of benzene rings is 1. The molecule has 9 heteroatoms. The van der Waals surface area contributed by atoms with Crippen LogP contribution in [-0.2, 0) is 22.6 Å². The van der Waals surface area contributed by atoms with Gasteiger partial charge in [-0.1, -0.05) is 6.07 Å². The van der Waals surface area contributed by atoms with Gasteiger partial charge in [0.05, 0.1) is 18.6 Å². The van der Waals surface area contributed by atoms with Crippen LogP contribution in [0.25, 0.3) is 16.9 Å². The lowest BCUT2D eigenvalue weighted by Crippen LogP contribution is -2.40. The van der Waals surface area contributed by atoms with Crippen LogP contribution < -0.4 is 11.2 Å². The van der Waals surface area contributed by atoms with Gasteiger partial charge in [-0.2, -0.15) is 0 Å². The summed E-state index contributed by atoms with van der Waals surface area (Å²) < 4.78 is 22.5. The Balaban J connectivity index is 1.97. The lowest BCUT2D eigenvalue weighted by molar-refractivity contribution is -0.143. The van der Waals surface area contributed by atoms with E-state index in [0.717, 1.165) is 17.4 Å². The summed E-state index contributed by atoms with van der Waals surface area (Å²) in [5.74, 6) is -0.757. The van der Waals surface area contributed by atoms with Gasteiger partial charge < -0.3 is 9.30 Å². The molecule has 1 aliphatic carbocycles. The standard InChI is InChI=1S/C19H19FN4O4/c1-2-28-15(25)10-22-11-21-17-16(22)18(26)23(9-12-6-7-12)19(27)24(17)14-5-3-4-13(20)8-14/h3-5,8,11-12H,2,6-7,9-10H2,1H3. The van der Waals surface area contributed by atoms with Crippen LogP contribution in [-0.4, -0.2) is 31.3 Å². The van der Waals surface area contributed by atoms with Gasteiger partial charge in [0.15, 0.2) is 11.2 Å². The van der Waals surface area contributed by atoms with Crippen LogP contribution in [0.15, 0.2) is 40.2 Å². The van der Waals surface area contributed by atoms with Gasteiger partial charge in [0, 0.05) is 6.54 Å². The highest BCUT2D eigenvalue weighted by Crippen LogP contribution is 2.29. The summed E-state index contributed by atoms with van der Waals surface area (Å²) in [6.07, 6.45) is 3.22. The molecule has 0 aliphatic heterocycles. The number of nitrogens with zero attached hydrogens (tertiary/aromatic N) is 4. The number of aromatic nitrogens is 4. The molecular formula is C19H19FN4O4. The molecule has 0 radical (unpaired) electrons. The largest absolute Gasteiger partial charge is 0.465 e. The predicted octanol–water partition coefficient (Wildman–Crippen LogP) is 1.46. The Bertz CT molecular complexity index is 1170. The third-order valence-corrected chi connectivity index (χ3v) is 4.71. The second-order valence-electron chi connectivity index (χ2n) is 6.81. The van der Waals surface area contributed by atoms with Gasteiger partial charge in [0.25, 0.3) is 5.56 Å². The van der Waals surface area contributed by atoms with E-state index >= 15 is 0 Å². The third-order valence-electron chi connectivity index (χ3n) is 4.71. The minimum absolute atomic E-state index is 0.0805. The monoisotopic (exact) mass is 386 g/mol. The SMILES string of the molecule is CCOC(=O)Cn1cnc2c1c(=O)n(CC1CC1)c(=O)n2-c1cccc(F)c1. The highest BCUT2D eigenvalue weighted by atomic mass is 19.1. The van der Waals surface area contributed by atoms with Crippen molar-refractivity contribution in [2.45, 2.75) is 32.9 Å². The van der Waals surface area contributed by atoms with Crippen LogP contribution in [0.2, 0.25) is 0 Å². The zero-order valence-electron chi connectivity index (χ0n) is 15.3. The predicted molar refractivity (Wildman–Crippen MR) is 98.9 cm³/mol. The van der Waals surface area contributed by atoms with Crippen molar-refractivity contribution >= 4 is 17.1 Å². The van der Waals surface area contributed by atoms with Gasteiger partial charge in [-0.15, -0.1) is 0 Å². The smallest absolute Gasteiger partial charge is 0.337 e. The Labute approximate surface area is 158 Å². The highest BCUT2D eigenvalue weighted by molar-refractivity contribution is 5.76. The van der Waals surface area contributed by atoms with E-state index in [1.807, 2.05) is 0 Å². The molecule has 2 aromatic heterocycles. The fourth-order valence-corrected chi connectivity index (χ4v) is 3.21. The highest BCUT2D eigenvalue weighted by Gasteiger charge is 2.26. The van der Waals surface area contributed by atoms with Crippen LogP contribution in [0.5, 0.6) is 0 Å². The Morgan fingerprint density at radius 3 is 2.79 bits per heavy atom. The fourth-order valence-electron chi connectivity index (χ4n) is 3.21. The van der Waals surface area contributed by atoms with Crippen molar-refractivity contribution in [2.24, 2.45) is 5.92 Å². The summed E-state index contributed by atoms with van der Waals surface area (Å²) in [6.45, 7) is 1.98. The van der Waals surface area contributed by atoms with Crippen molar-refractivity contribution in [1.82, 2.24) is 18.7 Å². The average Bonchev–Trinajstić information content (AvgIpc) is 3.39. The number of halogens is 1. The summed E-state index contributed by atoms with van der Waals surface area (Å²) in [4.78, 5) is 42.2. The topological polar surface area (TPSA) is 88.1 Å². The van der Waals surface area contributed by atoms with Gasteiger partial charge in [-0.25, -0.2) is 18.7 Å². The van der Waals surface area contributed by atoms with Crippen LogP contribution >= 0.6 is 0 Å². The van der Waals surface area contributed by atoms with Crippen LogP contribution in [0.1, 0.15) is 19.8 Å². The van der Waals surface area contributed by atoms with Crippen molar-refractivity contribution in [3.63, 3.8) is 0 Å². The molecule has 0 N–H and O–H groups in total. The van der Waals surface area contributed by atoms with E-state index in [2.05, 4.69) is 4.98 Å². The Kier molecular flexibility index (Phi) is 4.58. The molecule has 28 heavy (non-hydrogen) atoms. The van der Waals surface area contributed by atoms with Gasteiger partial charge in [0.1, 0.15) is 12.4 Å². The number of fused-ring (bicyclic) bond motifs is 1. The average molecular weight is 386 g/mol. The quantitative estimate of drug-likeness (QED) is 0.599. The van der Waals surface area contributed by atoms with Gasteiger partial charge in [0.2, 0.25) is 0 Å². The van der Waals surface area contributed by atoms with E-state index in [-0.39, 0.29) is 42.5 Å². The first-order chi connectivity index (χ1) is 13.5. The molecule has 146 valence electrons. The van der Waals surface area contributed by atoms with Crippen LogP contribution in [0, 0.1) is 11.7 Å². The first-order valence-electron chi connectivity index (χ1n) is 9.12. The molecule has 0 bridgehead atoms. The number of ether oxygens (including phenoxy) is 1. The molecule has 0 atom stereocenters. The van der Waals surface area contributed by atoms with Gasteiger partial charge >= 0.3 is 11.7 Å². The zero-order chi connectivity index (χ0) is 19.8. The summed E-state index contributed by atoms with van der Waals surface area (Å²) >= 11 is 0. The molecule has 1 saturated carbocycles. The maximum absolute atomic E-state index is 13.8. The van der Waals surface area contributed by atoms with E-state index in [9.17, 15) is 18.8 Å². The minimum atomic E-state index is -0.573. The molecule has 2 heterocycles. The molecule has 3 aromatic rings. The zero-order valence-corrected chi connectivity index (χ0v) is 15.3. The van der Waals surface area contributed by atoms with E-state index in [1.54, 1.807) is 13.0 Å². The van der Waals surface area contributed by atoms with Crippen LogP contribution in [0.3, 0.4) is 0 Å². The van der Waals surface area contributed by atoms with Crippen molar-refractivity contribution < 1.29 is 13.9 Å². The Morgan fingerprint density at radius 1 is 1.32 bits per heavy atom. The number of carbonyl (C=O) groups is 1. The first-order valence-corrected chi connectivity index (χ1v) is 9.12. The lowest BCUT2D eigenvalue weighted by atomic mass is 10.3. The number of esters is 1. The van der Waals surface area contributed by atoms with Crippen molar-refractivity contribution in [2.75, 3.05) is 6.61 Å². The first kappa shape index (κ1) is 18.1. The summed E-state index contributed by atoms with van der Waals surface area (Å²) in [6, 6.07) is 5.53. The molecule has 8 nitrogen and oxygen atoms in total.